The molecule has 0 aliphatic carbocycles. The summed E-state index contributed by atoms with van der Waals surface area (Å²) >= 11 is 0. The van der Waals surface area contributed by atoms with E-state index in [4.69, 9.17) is 15.2 Å². The Bertz CT molecular complexity index is 381. The Balaban J connectivity index is 1.99. The number of ether oxygens (including phenoxy) is 2. The number of nitrogens with two attached hydrogens (primary N) is 1. The van der Waals surface area contributed by atoms with E-state index >= 15 is 0 Å². The molecule has 0 spiro atoms. The van der Waals surface area contributed by atoms with Crippen molar-refractivity contribution in [2.24, 2.45) is 5.73 Å². The van der Waals surface area contributed by atoms with Crippen molar-refractivity contribution in [3.8, 4) is 11.5 Å². The van der Waals surface area contributed by atoms with Crippen molar-refractivity contribution in [3.05, 3.63) is 24.3 Å². The van der Waals surface area contributed by atoms with Gasteiger partial charge in [0, 0.05) is 13.1 Å². The molecule has 0 bridgehead atoms. The summed E-state index contributed by atoms with van der Waals surface area (Å²) in [5, 5.41) is 2.66. The number of carbonyl (C=O) groups is 1. The summed E-state index contributed by atoms with van der Waals surface area (Å²) in [5.74, 6) is 1.08. The lowest BCUT2D eigenvalue weighted by atomic mass is 10.2. The topological polar surface area (TPSA) is 73.6 Å². The molecule has 1 aliphatic heterocycles. The fourth-order valence-corrected chi connectivity index (χ4v) is 1.46. The minimum Gasteiger partial charge on any atom is -0.485 e. The van der Waals surface area contributed by atoms with Crippen molar-refractivity contribution in [1.82, 2.24) is 5.32 Å². The average molecular weight is 222 g/mol. The van der Waals surface area contributed by atoms with E-state index in [1.165, 1.54) is 0 Å². The Morgan fingerprint density at radius 3 is 2.94 bits per heavy atom. The van der Waals surface area contributed by atoms with Crippen molar-refractivity contribution in [2.75, 3.05) is 19.7 Å². The van der Waals surface area contributed by atoms with Crippen LogP contribution >= 0.6 is 0 Å². The van der Waals surface area contributed by atoms with Gasteiger partial charge >= 0.3 is 0 Å². The maximum atomic E-state index is 11.6. The minimum atomic E-state index is -0.596. The van der Waals surface area contributed by atoms with E-state index in [-0.39, 0.29) is 12.5 Å². The predicted octanol–water partition coefficient (Wildman–Crippen LogP) is -0.0987. The largest absolute Gasteiger partial charge is 0.485 e. The first-order valence-electron chi connectivity index (χ1n) is 5.17. The molecule has 5 heteroatoms. The molecule has 0 saturated carbocycles. The molecule has 86 valence electrons. The van der Waals surface area contributed by atoms with E-state index < -0.39 is 6.10 Å². The third-order valence-corrected chi connectivity index (χ3v) is 2.24. The second-order valence-electron chi connectivity index (χ2n) is 3.44. The van der Waals surface area contributed by atoms with Gasteiger partial charge in [-0.2, -0.15) is 0 Å². The molecule has 1 heterocycles. The maximum absolute atomic E-state index is 11.6. The number of nitrogens with one attached hydrogen (secondary N) is 1. The van der Waals surface area contributed by atoms with Gasteiger partial charge in [0.1, 0.15) is 6.61 Å². The summed E-state index contributed by atoms with van der Waals surface area (Å²) in [6.45, 7) is 1.09. The molecule has 0 aromatic heterocycles. The number of hydrogen-bond donors (Lipinski definition) is 2. The summed E-state index contributed by atoms with van der Waals surface area (Å²) < 4.78 is 10.9. The van der Waals surface area contributed by atoms with E-state index in [1.54, 1.807) is 6.07 Å². The molecule has 1 atom stereocenters. The van der Waals surface area contributed by atoms with Gasteiger partial charge in [-0.25, -0.2) is 0 Å². The van der Waals surface area contributed by atoms with Crippen molar-refractivity contribution in [3.63, 3.8) is 0 Å². The van der Waals surface area contributed by atoms with Crippen LogP contribution in [0.2, 0.25) is 0 Å². The quantitative estimate of drug-likeness (QED) is 0.749. The first-order valence-corrected chi connectivity index (χ1v) is 5.17. The highest BCUT2D eigenvalue weighted by Gasteiger charge is 2.26. The molecule has 2 rings (SSSR count). The number of para-hydroxylation sites is 2. The van der Waals surface area contributed by atoms with Gasteiger partial charge in [0.25, 0.3) is 5.91 Å². The van der Waals surface area contributed by atoms with Gasteiger partial charge < -0.3 is 20.5 Å². The molecule has 1 amide bonds. The van der Waals surface area contributed by atoms with Gasteiger partial charge in [0.2, 0.25) is 6.10 Å². The summed E-state index contributed by atoms with van der Waals surface area (Å²) in [7, 11) is 0. The van der Waals surface area contributed by atoms with Crippen LogP contribution < -0.4 is 20.5 Å². The van der Waals surface area contributed by atoms with Crippen LogP contribution in [0.1, 0.15) is 0 Å². The standard InChI is InChI=1S/C11H14N2O3/c12-5-6-13-11(14)10-7-15-8-3-1-2-4-9(8)16-10/h1-4,10H,5-7,12H2,(H,13,14). The fraction of sp³-hybridized carbons (Fsp3) is 0.364. The smallest absolute Gasteiger partial charge is 0.264 e. The van der Waals surface area contributed by atoms with E-state index in [9.17, 15) is 4.79 Å². The van der Waals surface area contributed by atoms with Crippen LogP contribution in [-0.2, 0) is 4.79 Å². The lowest BCUT2D eigenvalue weighted by molar-refractivity contribution is -0.130. The van der Waals surface area contributed by atoms with Crippen LogP contribution in [0.3, 0.4) is 0 Å². The van der Waals surface area contributed by atoms with Crippen molar-refractivity contribution < 1.29 is 14.3 Å². The normalized spacial score (nSPS) is 17.9. The molecular weight excluding hydrogens is 208 g/mol. The number of hydrogen-bond acceptors (Lipinski definition) is 4. The van der Waals surface area contributed by atoms with Crippen LogP contribution in [0.4, 0.5) is 0 Å². The van der Waals surface area contributed by atoms with E-state index in [0.29, 0.717) is 24.6 Å². The molecule has 1 aliphatic rings. The third kappa shape index (κ3) is 2.25. The first kappa shape index (κ1) is 10.8. The Morgan fingerprint density at radius 1 is 1.44 bits per heavy atom. The van der Waals surface area contributed by atoms with Gasteiger partial charge in [-0.05, 0) is 12.1 Å². The zero-order chi connectivity index (χ0) is 11.4. The Morgan fingerprint density at radius 2 is 2.19 bits per heavy atom. The predicted molar refractivity (Wildman–Crippen MR) is 58.4 cm³/mol. The first-order chi connectivity index (χ1) is 7.81. The summed E-state index contributed by atoms with van der Waals surface area (Å²) in [6, 6.07) is 7.28. The molecule has 1 unspecified atom stereocenters. The van der Waals surface area contributed by atoms with Gasteiger partial charge in [0.05, 0.1) is 0 Å². The van der Waals surface area contributed by atoms with Crippen LogP contribution in [0, 0.1) is 0 Å². The SMILES string of the molecule is NCCNC(=O)C1COc2ccccc2O1. The molecule has 1 aromatic rings. The van der Waals surface area contributed by atoms with Gasteiger partial charge in [0.15, 0.2) is 11.5 Å². The molecule has 3 N–H and O–H groups in total. The lowest BCUT2D eigenvalue weighted by Gasteiger charge is -2.25. The van der Waals surface area contributed by atoms with Crippen molar-refractivity contribution >= 4 is 5.91 Å². The second kappa shape index (κ2) is 4.85. The Kier molecular flexibility index (Phi) is 3.26. The fourth-order valence-electron chi connectivity index (χ4n) is 1.46. The third-order valence-electron chi connectivity index (χ3n) is 2.24. The van der Waals surface area contributed by atoms with E-state index in [2.05, 4.69) is 5.32 Å². The molecule has 1 aromatic carbocycles. The number of fused-ring (bicyclic) bond motifs is 1. The second-order valence-corrected chi connectivity index (χ2v) is 3.44. The zero-order valence-corrected chi connectivity index (χ0v) is 8.81. The van der Waals surface area contributed by atoms with Crippen LogP contribution in [-0.4, -0.2) is 31.7 Å². The van der Waals surface area contributed by atoms with Crippen molar-refractivity contribution in [2.45, 2.75) is 6.10 Å². The number of amides is 1. The van der Waals surface area contributed by atoms with Gasteiger partial charge in [-0.1, -0.05) is 12.1 Å². The number of rotatable bonds is 3. The van der Waals surface area contributed by atoms with Crippen molar-refractivity contribution in [1.29, 1.82) is 0 Å². The number of benzene rings is 1. The Labute approximate surface area is 93.5 Å². The lowest BCUT2D eigenvalue weighted by Crippen LogP contribution is -2.45. The van der Waals surface area contributed by atoms with Gasteiger partial charge in [-0.15, -0.1) is 0 Å². The highest BCUT2D eigenvalue weighted by molar-refractivity contribution is 5.81. The minimum absolute atomic E-state index is 0.194. The zero-order valence-electron chi connectivity index (χ0n) is 8.81. The molecule has 5 nitrogen and oxygen atoms in total. The van der Waals surface area contributed by atoms with Gasteiger partial charge in [-0.3, -0.25) is 4.79 Å². The van der Waals surface area contributed by atoms with E-state index in [1.807, 2.05) is 18.2 Å². The molecule has 0 fully saturated rings. The highest BCUT2D eigenvalue weighted by Crippen LogP contribution is 2.30. The molecule has 0 radical (unpaired) electrons. The summed E-state index contributed by atoms with van der Waals surface area (Å²) in [6.07, 6.45) is -0.596. The van der Waals surface area contributed by atoms with Crippen LogP contribution in [0.5, 0.6) is 11.5 Å². The monoisotopic (exact) mass is 222 g/mol. The maximum Gasteiger partial charge on any atom is 0.264 e. The molecular formula is C11H14N2O3. The van der Waals surface area contributed by atoms with E-state index in [0.717, 1.165) is 0 Å². The number of carbonyl (C=O) groups excluding carboxylic acids is 1. The summed E-state index contributed by atoms with van der Waals surface area (Å²) in [5.41, 5.74) is 5.30. The Hall–Kier alpha value is -1.75. The highest BCUT2D eigenvalue weighted by atomic mass is 16.6. The summed E-state index contributed by atoms with van der Waals surface area (Å²) in [4.78, 5) is 11.6. The molecule has 0 saturated heterocycles. The van der Waals surface area contributed by atoms with Crippen LogP contribution in [0.15, 0.2) is 24.3 Å². The average Bonchev–Trinajstić information content (AvgIpc) is 2.35. The molecule has 16 heavy (non-hydrogen) atoms. The van der Waals surface area contributed by atoms with Crippen LogP contribution in [0.25, 0.3) is 0 Å².